The molecule has 0 unspecified atom stereocenters. The molecule has 2 aromatic rings. The smallest absolute Gasteiger partial charge is 0.184 e. The maximum Gasteiger partial charge on any atom is 0.184 e. The van der Waals surface area contributed by atoms with Crippen LogP contribution in [0.1, 0.15) is 12.0 Å². The Hall–Kier alpha value is -1.72. The molecule has 1 aromatic heterocycles. The van der Waals surface area contributed by atoms with Crippen LogP contribution in [0.3, 0.4) is 0 Å². The first-order chi connectivity index (χ1) is 9.63. The first kappa shape index (κ1) is 13.3. The molecule has 1 aliphatic rings. The maximum atomic E-state index is 14.2. The van der Waals surface area contributed by atoms with Gasteiger partial charge in [0.2, 0.25) is 0 Å². The van der Waals surface area contributed by atoms with Crippen LogP contribution >= 0.6 is 11.8 Å². The minimum atomic E-state index is -0.303. The Morgan fingerprint density at radius 1 is 1.35 bits per heavy atom. The van der Waals surface area contributed by atoms with Gasteiger partial charge in [-0.2, -0.15) is 5.10 Å². The van der Waals surface area contributed by atoms with Crippen molar-refractivity contribution in [3.63, 3.8) is 0 Å². The SMILES string of the molecule is Cn1cnc(-c2ccc(C3=CCN(Cl)CC3)cc2F)n1. The van der Waals surface area contributed by atoms with E-state index in [2.05, 4.69) is 10.1 Å². The van der Waals surface area contributed by atoms with E-state index < -0.39 is 0 Å². The highest BCUT2D eigenvalue weighted by molar-refractivity contribution is 6.13. The molecule has 0 amide bonds. The Morgan fingerprint density at radius 2 is 2.20 bits per heavy atom. The van der Waals surface area contributed by atoms with Gasteiger partial charge in [0, 0.05) is 20.1 Å². The van der Waals surface area contributed by atoms with E-state index in [1.165, 1.54) is 0 Å². The quantitative estimate of drug-likeness (QED) is 0.798. The maximum absolute atomic E-state index is 14.2. The van der Waals surface area contributed by atoms with Gasteiger partial charge in [0.25, 0.3) is 0 Å². The molecular formula is C14H14ClFN4. The zero-order valence-corrected chi connectivity index (χ0v) is 11.8. The standard InChI is InChI=1S/C14H14ClFN4/c1-19-9-17-14(18-19)12-3-2-11(8-13(12)16)10-4-6-20(15)7-5-10/h2-4,8-9H,5-7H2,1H3. The van der Waals surface area contributed by atoms with Crippen molar-refractivity contribution in [2.75, 3.05) is 13.1 Å². The summed E-state index contributed by atoms with van der Waals surface area (Å²) < 4.78 is 17.5. The van der Waals surface area contributed by atoms with Crippen molar-refractivity contribution in [1.29, 1.82) is 0 Å². The molecule has 0 N–H and O–H groups in total. The molecule has 0 aliphatic carbocycles. The van der Waals surface area contributed by atoms with E-state index in [-0.39, 0.29) is 5.82 Å². The number of rotatable bonds is 2. The lowest BCUT2D eigenvalue weighted by molar-refractivity contribution is 0.499. The van der Waals surface area contributed by atoms with Crippen LogP contribution in [0.25, 0.3) is 17.0 Å². The van der Waals surface area contributed by atoms with Gasteiger partial charge in [-0.15, -0.1) is 0 Å². The Morgan fingerprint density at radius 3 is 2.80 bits per heavy atom. The van der Waals surface area contributed by atoms with Gasteiger partial charge < -0.3 is 0 Å². The van der Waals surface area contributed by atoms with E-state index in [0.29, 0.717) is 17.9 Å². The summed E-state index contributed by atoms with van der Waals surface area (Å²) in [6.45, 7) is 1.46. The number of benzene rings is 1. The van der Waals surface area contributed by atoms with Gasteiger partial charge in [-0.3, -0.25) is 4.68 Å². The molecule has 2 heterocycles. The van der Waals surface area contributed by atoms with Gasteiger partial charge in [0.05, 0.1) is 5.56 Å². The molecule has 0 bridgehead atoms. The highest BCUT2D eigenvalue weighted by atomic mass is 35.5. The van der Waals surface area contributed by atoms with Gasteiger partial charge >= 0.3 is 0 Å². The van der Waals surface area contributed by atoms with E-state index in [9.17, 15) is 4.39 Å². The first-order valence-corrected chi connectivity index (χ1v) is 6.73. The fourth-order valence-corrected chi connectivity index (χ4v) is 2.42. The number of nitrogens with zero attached hydrogens (tertiary/aromatic N) is 4. The third-order valence-corrected chi connectivity index (χ3v) is 3.65. The van der Waals surface area contributed by atoms with Gasteiger partial charge in [-0.25, -0.2) is 13.8 Å². The predicted molar refractivity (Wildman–Crippen MR) is 76.4 cm³/mol. The summed E-state index contributed by atoms with van der Waals surface area (Å²) in [5.41, 5.74) is 2.44. The van der Waals surface area contributed by atoms with Crippen LogP contribution in [-0.2, 0) is 7.05 Å². The first-order valence-electron chi connectivity index (χ1n) is 6.39. The zero-order chi connectivity index (χ0) is 14.1. The van der Waals surface area contributed by atoms with E-state index in [1.807, 2.05) is 12.1 Å². The minimum Gasteiger partial charge on any atom is -0.255 e. The lowest BCUT2D eigenvalue weighted by atomic mass is 9.98. The summed E-state index contributed by atoms with van der Waals surface area (Å²) in [6.07, 6.45) is 4.41. The molecule has 0 radical (unpaired) electrons. The van der Waals surface area contributed by atoms with E-state index in [1.54, 1.807) is 34.6 Å². The largest absolute Gasteiger partial charge is 0.255 e. The van der Waals surface area contributed by atoms with Crippen LogP contribution in [0.15, 0.2) is 30.6 Å². The van der Waals surface area contributed by atoms with Crippen LogP contribution in [-0.4, -0.2) is 32.3 Å². The minimum absolute atomic E-state index is 0.303. The molecule has 1 aromatic carbocycles. The van der Waals surface area contributed by atoms with Gasteiger partial charge in [0.15, 0.2) is 5.82 Å². The number of hydrogen-bond donors (Lipinski definition) is 0. The second kappa shape index (κ2) is 5.34. The van der Waals surface area contributed by atoms with Crippen LogP contribution in [0.5, 0.6) is 0 Å². The molecule has 0 saturated heterocycles. The molecule has 6 heteroatoms. The molecule has 0 atom stereocenters. The van der Waals surface area contributed by atoms with Crippen molar-refractivity contribution in [3.05, 3.63) is 42.0 Å². The molecule has 0 spiro atoms. The molecule has 0 saturated carbocycles. The van der Waals surface area contributed by atoms with Crippen LogP contribution < -0.4 is 0 Å². The number of aryl methyl sites for hydroxylation is 1. The van der Waals surface area contributed by atoms with E-state index >= 15 is 0 Å². The number of aromatic nitrogens is 3. The summed E-state index contributed by atoms with van der Waals surface area (Å²) in [6, 6.07) is 5.18. The Labute approximate surface area is 121 Å². The lowest BCUT2D eigenvalue weighted by Gasteiger charge is -2.19. The van der Waals surface area contributed by atoms with Crippen molar-refractivity contribution in [2.45, 2.75) is 6.42 Å². The van der Waals surface area contributed by atoms with Gasteiger partial charge in [-0.05, 0) is 41.5 Å². The molecule has 20 heavy (non-hydrogen) atoms. The average molecular weight is 293 g/mol. The highest BCUT2D eigenvalue weighted by Crippen LogP contribution is 2.27. The average Bonchev–Trinajstić information content (AvgIpc) is 2.86. The Kier molecular flexibility index (Phi) is 3.54. The number of halogens is 2. The zero-order valence-electron chi connectivity index (χ0n) is 11.1. The molecule has 1 aliphatic heterocycles. The third kappa shape index (κ3) is 2.59. The van der Waals surface area contributed by atoms with Gasteiger partial charge in [-0.1, -0.05) is 12.1 Å². The van der Waals surface area contributed by atoms with E-state index in [4.69, 9.17) is 11.8 Å². The fraction of sp³-hybridized carbons (Fsp3) is 0.286. The van der Waals surface area contributed by atoms with Crippen LogP contribution in [0, 0.1) is 5.82 Å². The molecule has 104 valence electrons. The fourth-order valence-electron chi connectivity index (χ4n) is 2.27. The Bertz CT molecular complexity index is 665. The van der Waals surface area contributed by atoms with Crippen LogP contribution in [0.2, 0.25) is 0 Å². The van der Waals surface area contributed by atoms with Crippen molar-refractivity contribution in [2.24, 2.45) is 7.05 Å². The van der Waals surface area contributed by atoms with Gasteiger partial charge in [0.1, 0.15) is 12.1 Å². The van der Waals surface area contributed by atoms with Crippen molar-refractivity contribution < 1.29 is 4.39 Å². The lowest BCUT2D eigenvalue weighted by Crippen LogP contribution is -2.18. The predicted octanol–water partition coefficient (Wildman–Crippen LogP) is 2.86. The van der Waals surface area contributed by atoms with Crippen molar-refractivity contribution in [1.82, 2.24) is 19.2 Å². The highest BCUT2D eigenvalue weighted by Gasteiger charge is 2.14. The summed E-state index contributed by atoms with van der Waals surface area (Å²) in [7, 11) is 1.76. The summed E-state index contributed by atoms with van der Waals surface area (Å²) in [4.78, 5) is 4.07. The topological polar surface area (TPSA) is 34.0 Å². The third-order valence-electron chi connectivity index (χ3n) is 3.34. The van der Waals surface area contributed by atoms with Crippen molar-refractivity contribution >= 4 is 17.3 Å². The molecular weight excluding hydrogens is 279 g/mol. The summed E-state index contributed by atoms with van der Waals surface area (Å²) >= 11 is 5.90. The normalized spacial score (nSPS) is 16.2. The molecule has 3 rings (SSSR count). The summed E-state index contributed by atoms with van der Waals surface area (Å²) in [5.74, 6) is 0.101. The van der Waals surface area contributed by atoms with Crippen molar-refractivity contribution in [3.8, 4) is 11.4 Å². The van der Waals surface area contributed by atoms with E-state index in [0.717, 1.165) is 24.1 Å². The van der Waals surface area contributed by atoms with Crippen LogP contribution in [0.4, 0.5) is 4.39 Å². The molecule has 0 fully saturated rings. The Balaban J connectivity index is 1.92. The monoisotopic (exact) mass is 292 g/mol. The number of hydrogen-bond acceptors (Lipinski definition) is 3. The summed E-state index contributed by atoms with van der Waals surface area (Å²) in [5, 5.41) is 4.12. The second-order valence-corrected chi connectivity index (χ2v) is 5.26. The second-order valence-electron chi connectivity index (χ2n) is 4.78. The molecule has 4 nitrogen and oxygen atoms in total.